The lowest BCUT2D eigenvalue weighted by Gasteiger charge is -2.65. The topological polar surface area (TPSA) is 93.4 Å². The molecule has 1 aliphatic rings. The molecule has 0 amide bonds. The summed E-state index contributed by atoms with van der Waals surface area (Å²) in [6.07, 6.45) is -1.36. The van der Waals surface area contributed by atoms with Gasteiger partial charge in [0.15, 0.2) is 5.79 Å². The quantitative estimate of drug-likeness (QED) is 0.545. The minimum atomic E-state index is -1.65. The summed E-state index contributed by atoms with van der Waals surface area (Å²) in [7, 11) is 0. The van der Waals surface area contributed by atoms with E-state index < -0.39 is 35.7 Å². The number of likely N-dealkylation sites (N-methyl/N-ethyl adjacent to an activating group) is 1. The van der Waals surface area contributed by atoms with Gasteiger partial charge in [0.2, 0.25) is 0 Å². The zero-order valence-electron chi connectivity index (χ0n) is 14.5. The number of aliphatic hydroxyl groups is 4. The van der Waals surface area contributed by atoms with Gasteiger partial charge >= 0.3 is 0 Å². The molecule has 1 fully saturated rings. The van der Waals surface area contributed by atoms with Gasteiger partial charge in [0, 0.05) is 6.42 Å². The van der Waals surface area contributed by atoms with Gasteiger partial charge in [0.25, 0.3) is 0 Å². The highest BCUT2D eigenvalue weighted by Gasteiger charge is 2.70. The number of rotatable bonds is 7. The van der Waals surface area contributed by atoms with Crippen molar-refractivity contribution in [1.29, 1.82) is 0 Å². The maximum atomic E-state index is 11.4. The standard InChI is InChI=1S/C16H33NO5/c1-6-14(20)13(19)12(11-18)22-16(21,8-3)15(14,7-2)17(9-4)10-5/h12-13,18-21H,6-11H2,1-5H3/t12-,13-,14+,15-,16?/m1/s1. The second kappa shape index (κ2) is 7.11. The molecule has 0 aromatic heterocycles. The molecule has 1 heterocycles. The van der Waals surface area contributed by atoms with Gasteiger partial charge in [-0.1, -0.05) is 34.6 Å². The molecule has 22 heavy (non-hydrogen) atoms. The molecule has 6 nitrogen and oxygen atoms in total. The third-order valence-electron chi connectivity index (χ3n) is 5.56. The van der Waals surface area contributed by atoms with Gasteiger partial charge < -0.3 is 25.2 Å². The van der Waals surface area contributed by atoms with Crippen LogP contribution in [-0.2, 0) is 4.74 Å². The van der Waals surface area contributed by atoms with Crippen molar-refractivity contribution in [3.05, 3.63) is 0 Å². The zero-order chi connectivity index (χ0) is 17.2. The molecule has 5 atom stereocenters. The highest BCUT2D eigenvalue weighted by Crippen LogP contribution is 2.51. The number of hydrogen-bond acceptors (Lipinski definition) is 6. The lowest BCUT2D eigenvalue weighted by Crippen LogP contribution is -2.83. The Labute approximate surface area is 133 Å². The van der Waals surface area contributed by atoms with Crippen molar-refractivity contribution in [2.75, 3.05) is 19.7 Å². The van der Waals surface area contributed by atoms with Gasteiger partial charge in [0.05, 0.1) is 6.61 Å². The lowest BCUT2D eigenvalue weighted by molar-refractivity contribution is -0.399. The maximum absolute atomic E-state index is 11.4. The van der Waals surface area contributed by atoms with E-state index in [1.54, 1.807) is 13.8 Å². The molecule has 0 bridgehead atoms. The van der Waals surface area contributed by atoms with Crippen LogP contribution in [-0.4, -0.2) is 74.2 Å². The van der Waals surface area contributed by atoms with Crippen LogP contribution < -0.4 is 0 Å². The number of ether oxygens (including phenoxy) is 1. The Morgan fingerprint density at radius 3 is 1.82 bits per heavy atom. The fraction of sp³-hybridized carbons (Fsp3) is 1.00. The molecule has 4 N–H and O–H groups in total. The average molecular weight is 319 g/mol. The highest BCUT2D eigenvalue weighted by molar-refractivity contribution is 5.20. The van der Waals surface area contributed by atoms with Crippen LogP contribution in [0.3, 0.4) is 0 Å². The van der Waals surface area contributed by atoms with Crippen molar-refractivity contribution in [3.8, 4) is 0 Å². The van der Waals surface area contributed by atoms with Gasteiger partial charge in [-0.2, -0.15) is 0 Å². The zero-order valence-corrected chi connectivity index (χ0v) is 14.5. The van der Waals surface area contributed by atoms with Gasteiger partial charge in [0.1, 0.15) is 23.3 Å². The molecule has 1 rings (SSSR count). The average Bonchev–Trinajstić information content (AvgIpc) is 2.54. The summed E-state index contributed by atoms with van der Waals surface area (Å²) >= 11 is 0. The number of hydrogen-bond donors (Lipinski definition) is 4. The highest BCUT2D eigenvalue weighted by atomic mass is 16.7. The fourth-order valence-electron chi connectivity index (χ4n) is 4.41. The summed E-state index contributed by atoms with van der Waals surface area (Å²) in [6.45, 7) is 10.1. The van der Waals surface area contributed by atoms with Crippen LogP contribution >= 0.6 is 0 Å². The first-order valence-electron chi connectivity index (χ1n) is 8.44. The largest absolute Gasteiger partial charge is 0.394 e. The van der Waals surface area contributed by atoms with Crippen molar-refractivity contribution in [2.24, 2.45) is 0 Å². The van der Waals surface area contributed by atoms with E-state index in [-0.39, 0.29) is 12.8 Å². The molecule has 0 aliphatic carbocycles. The fourth-order valence-corrected chi connectivity index (χ4v) is 4.41. The van der Waals surface area contributed by atoms with Crippen molar-refractivity contribution in [1.82, 2.24) is 4.90 Å². The lowest BCUT2D eigenvalue weighted by atomic mass is 9.62. The third kappa shape index (κ3) is 2.41. The Morgan fingerprint density at radius 1 is 0.955 bits per heavy atom. The number of aliphatic hydroxyl groups excluding tert-OH is 2. The van der Waals surface area contributed by atoms with Gasteiger partial charge in [-0.15, -0.1) is 0 Å². The number of nitrogens with zero attached hydrogens (tertiary/aromatic N) is 1. The summed E-state index contributed by atoms with van der Waals surface area (Å²) < 4.78 is 5.73. The van der Waals surface area contributed by atoms with E-state index in [0.29, 0.717) is 19.5 Å². The SMILES string of the molecule is CCN(CC)[C@@]1(CC)C(O)(CC)O[C@H](CO)[C@@H](O)[C@@]1(O)CC. The predicted molar refractivity (Wildman–Crippen MR) is 84.4 cm³/mol. The molecule has 132 valence electrons. The smallest absolute Gasteiger partial charge is 0.187 e. The van der Waals surface area contributed by atoms with Gasteiger partial charge in [-0.05, 0) is 25.9 Å². The van der Waals surface area contributed by atoms with E-state index in [9.17, 15) is 20.4 Å². The van der Waals surface area contributed by atoms with Crippen LogP contribution in [0.5, 0.6) is 0 Å². The molecule has 0 spiro atoms. The molecule has 0 aromatic rings. The Kier molecular flexibility index (Phi) is 6.40. The summed E-state index contributed by atoms with van der Waals surface area (Å²) in [4.78, 5) is 1.97. The maximum Gasteiger partial charge on any atom is 0.187 e. The monoisotopic (exact) mass is 319 g/mol. The molecular weight excluding hydrogens is 286 g/mol. The Bertz CT molecular complexity index is 364. The van der Waals surface area contributed by atoms with Crippen LogP contribution in [0.1, 0.15) is 53.9 Å². The third-order valence-corrected chi connectivity index (χ3v) is 5.56. The van der Waals surface area contributed by atoms with Crippen molar-refractivity contribution in [3.63, 3.8) is 0 Å². The molecule has 1 unspecified atom stereocenters. The van der Waals surface area contributed by atoms with E-state index >= 15 is 0 Å². The molecular formula is C16H33NO5. The Hall–Kier alpha value is -0.240. The van der Waals surface area contributed by atoms with Crippen molar-refractivity contribution in [2.45, 2.75) is 83.0 Å². The van der Waals surface area contributed by atoms with Crippen LogP contribution in [0, 0.1) is 0 Å². The minimum absolute atomic E-state index is 0.251. The molecule has 1 aliphatic heterocycles. The van der Waals surface area contributed by atoms with Crippen LogP contribution in [0.15, 0.2) is 0 Å². The molecule has 6 heteroatoms. The van der Waals surface area contributed by atoms with Crippen molar-refractivity contribution >= 4 is 0 Å². The molecule has 0 radical (unpaired) electrons. The first-order chi connectivity index (χ1) is 10.3. The van der Waals surface area contributed by atoms with E-state index in [2.05, 4.69) is 0 Å². The molecule has 0 saturated carbocycles. The minimum Gasteiger partial charge on any atom is -0.394 e. The Balaban J connectivity index is 3.62. The van der Waals surface area contributed by atoms with Gasteiger partial charge in [-0.3, -0.25) is 4.90 Å². The summed E-state index contributed by atoms with van der Waals surface area (Å²) in [5.74, 6) is -1.65. The normalized spacial score (nSPS) is 42.8. The first-order valence-corrected chi connectivity index (χ1v) is 8.44. The summed E-state index contributed by atoms with van der Waals surface area (Å²) in [5.41, 5.74) is -2.72. The Morgan fingerprint density at radius 2 is 1.50 bits per heavy atom. The van der Waals surface area contributed by atoms with E-state index in [1.165, 1.54) is 0 Å². The van der Waals surface area contributed by atoms with Gasteiger partial charge in [-0.25, -0.2) is 0 Å². The van der Waals surface area contributed by atoms with Crippen LogP contribution in [0.2, 0.25) is 0 Å². The van der Waals surface area contributed by atoms with Crippen molar-refractivity contribution < 1.29 is 25.2 Å². The second-order valence-electron chi connectivity index (χ2n) is 6.09. The molecule has 1 saturated heterocycles. The van der Waals surface area contributed by atoms with Crippen LogP contribution in [0.25, 0.3) is 0 Å². The predicted octanol–water partition coefficient (Wildman–Crippen LogP) is 0.469. The van der Waals surface area contributed by atoms with E-state index in [1.807, 2.05) is 25.7 Å². The first kappa shape index (κ1) is 19.8. The van der Waals surface area contributed by atoms with Crippen LogP contribution in [0.4, 0.5) is 0 Å². The second-order valence-corrected chi connectivity index (χ2v) is 6.09. The summed E-state index contributed by atoms with van der Waals surface area (Å²) in [6, 6.07) is 0. The summed E-state index contributed by atoms with van der Waals surface area (Å²) in [5, 5.41) is 42.8. The molecule has 0 aromatic carbocycles. The van der Waals surface area contributed by atoms with E-state index in [4.69, 9.17) is 4.74 Å². The van der Waals surface area contributed by atoms with E-state index in [0.717, 1.165) is 0 Å².